The number of nitrogens with zero attached hydrogens (tertiary/aromatic N) is 4. The first kappa shape index (κ1) is 29.5. The van der Waals surface area contributed by atoms with Crippen LogP contribution in [0.4, 0.5) is 5.13 Å². The molecule has 0 fully saturated rings. The Kier molecular flexibility index (Phi) is 11.7. The van der Waals surface area contributed by atoms with E-state index in [-0.39, 0.29) is 69.6 Å². The Hall–Kier alpha value is -0.750. The topological polar surface area (TPSA) is 115 Å². The van der Waals surface area contributed by atoms with Gasteiger partial charge in [-0.25, -0.2) is 15.0 Å². The van der Waals surface area contributed by atoms with Crippen molar-refractivity contribution in [2.24, 2.45) is 12.0 Å². The van der Waals surface area contributed by atoms with Crippen molar-refractivity contribution in [3.05, 3.63) is 71.0 Å². The van der Waals surface area contributed by atoms with Crippen molar-refractivity contribution in [3.63, 3.8) is 0 Å². The molecule has 0 N–H and O–H groups in total. The largest absolute Gasteiger partial charge is 1.00 e. The first-order valence-electron chi connectivity index (χ1n) is 8.97. The minimum Gasteiger partial charge on any atom is -0.858 e. The average Bonchev–Trinajstić information content (AvgIpc) is 3.36. The van der Waals surface area contributed by atoms with Crippen LogP contribution in [0.1, 0.15) is 5.56 Å². The van der Waals surface area contributed by atoms with Gasteiger partial charge in [0, 0.05) is 24.3 Å². The second-order valence-corrected chi connectivity index (χ2v) is 10.0. The number of benzene rings is 2. The van der Waals surface area contributed by atoms with Crippen LogP contribution < -0.4 is 79.2 Å². The van der Waals surface area contributed by atoms with Gasteiger partial charge in [-0.2, -0.15) is 0 Å². The molecule has 0 amide bonds. The van der Waals surface area contributed by atoms with Gasteiger partial charge in [0.1, 0.15) is 15.8 Å². The van der Waals surface area contributed by atoms with Crippen molar-refractivity contribution < 1.29 is 78.4 Å². The standard InChI is InChI=1S/C20H14ClN4O4PS2.2Na/c1-25-7-6-22-20(25)31-16-9-12(18(26)24-19-23-11-17(21)32-19)8-14(10-16)29-13-2-4-15(5-3-13)30(27)28;;/h2-11H,1H3,(H,23,24,26);;/q;2*+1/p-1. The van der Waals surface area contributed by atoms with Crippen LogP contribution in [0.5, 0.6) is 11.5 Å². The van der Waals surface area contributed by atoms with E-state index in [0.29, 0.717) is 26.3 Å². The molecule has 0 radical (unpaired) electrons. The predicted octanol–water partition coefficient (Wildman–Crippen LogP) is -2.35. The second kappa shape index (κ2) is 13.5. The molecule has 0 aliphatic rings. The molecule has 0 saturated carbocycles. The maximum Gasteiger partial charge on any atom is 1.00 e. The maximum atomic E-state index is 12.8. The third-order valence-electron chi connectivity index (χ3n) is 4.06. The second-order valence-electron chi connectivity index (χ2n) is 6.33. The van der Waals surface area contributed by atoms with E-state index in [1.807, 2.05) is 17.8 Å². The summed E-state index contributed by atoms with van der Waals surface area (Å²) < 4.78 is 19.3. The molecule has 34 heavy (non-hydrogen) atoms. The van der Waals surface area contributed by atoms with Gasteiger partial charge in [0.15, 0.2) is 10.5 Å². The molecule has 0 aliphatic carbocycles. The van der Waals surface area contributed by atoms with E-state index in [2.05, 4.69) is 15.0 Å². The van der Waals surface area contributed by atoms with Gasteiger partial charge in [0.2, 0.25) is 5.13 Å². The van der Waals surface area contributed by atoms with E-state index in [4.69, 9.17) is 16.3 Å². The summed E-state index contributed by atoms with van der Waals surface area (Å²) in [6.45, 7) is 0. The average molecular weight is 550 g/mol. The van der Waals surface area contributed by atoms with E-state index in [0.717, 1.165) is 16.5 Å². The molecular formula is C20H13ClN4Na2O4PS2+. The summed E-state index contributed by atoms with van der Waals surface area (Å²) in [7, 11) is -0.809. The quantitative estimate of drug-likeness (QED) is 0.110. The summed E-state index contributed by atoms with van der Waals surface area (Å²) >= 11 is 8.33. The maximum absolute atomic E-state index is 12.8. The molecular weight excluding hydrogens is 537 g/mol. The van der Waals surface area contributed by atoms with Gasteiger partial charge in [-0.1, -0.05) is 39.3 Å². The van der Waals surface area contributed by atoms with E-state index < -0.39 is 13.9 Å². The van der Waals surface area contributed by atoms with Crippen LogP contribution in [-0.2, 0) is 11.6 Å². The zero-order chi connectivity index (χ0) is 22.7. The normalized spacial score (nSPS) is 11.4. The number of imidazole rings is 1. The Morgan fingerprint density at radius 3 is 2.50 bits per heavy atom. The fraction of sp³-hybridized carbons (Fsp3) is 0.0500. The Morgan fingerprint density at radius 1 is 1.18 bits per heavy atom. The molecule has 1 unspecified atom stereocenters. The number of ether oxygens (including phenoxy) is 1. The van der Waals surface area contributed by atoms with Crippen LogP contribution >= 0.6 is 42.7 Å². The Balaban J connectivity index is 0.00000204. The summed E-state index contributed by atoms with van der Waals surface area (Å²) in [5.41, 5.74) is 0.296. The van der Waals surface area contributed by atoms with Crippen LogP contribution in [0, 0.1) is 0 Å². The number of aryl methyl sites for hydroxylation is 1. The fourth-order valence-electron chi connectivity index (χ4n) is 2.59. The van der Waals surface area contributed by atoms with Crippen molar-refractivity contribution in [1.82, 2.24) is 14.5 Å². The van der Waals surface area contributed by atoms with Gasteiger partial charge < -0.3 is 19.3 Å². The summed E-state index contributed by atoms with van der Waals surface area (Å²) in [5.74, 6) is 0.313. The van der Waals surface area contributed by atoms with E-state index >= 15 is 0 Å². The monoisotopic (exact) mass is 549 g/mol. The number of hydrogen-bond acceptors (Lipinski definition) is 9. The molecule has 162 valence electrons. The van der Waals surface area contributed by atoms with Crippen LogP contribution in [-0.4, -0.2) is 20.4 Å². The van der Waals surface area contributed by atoms with Gasteiger partial charge in [0.25, 0.3) is 0 Å². The Labute approximate surface area is 253 Å². The smallest absolute Gasteiger partial charge is 0.858 e. The number of hydrogen-bond donors (Lipinski definition) is 0. The number of halogens is 1. The van der Waals surface area contributed by atoms with Crippen LogP contribution in [0.3, 0.4) is 0 Å². The Morgan fingerprint density at radius 2 is 1.91 bits per heavy atom. The molecule has 0 bridgehead atoms. The van der Waals surface area contributed by atoms with Gasteiger partial charge in [-0.15, -0.1) is 0 Å². The van der Waals surface area contributed by atoms with E-state index in [1.165, 1.54) is 30.1 Å². The Bertz CT molecular complexity index is 1320. The molecule has 8 nitrogen and oxygen atoms in total. The summed E-state index contributed by atoms with van der Waals surface area (Å²) in [5, 5.41) is 13.9. The van der Waals surface area contributed by atoms with Gasteiger partial charge in [0.05, 0.1) is 6.20 Å². The number of aromatic nitrogens is 3. The van der Waals surface area contributed by atoms with E-state index in [1.54, 1.807) is 36.5 Å². The minimum atomic E-state index is -2.68. The molecule has 2 heterocycles. The first-order valence-corrected chi connectivity index (χ1v) is 12.2. The third kappa shape index (κ3) is 7.88. The predicted molar refractivity (Wildman–Crippen MR) is 121 cm³/mol. The number of rotatable bonds is 7. The van der Waals surface area contributed by atoms with Crippen LogP contribution in [0.15, 0.2) is 76.1 Å². The fourth-order valence-corrected chi connectivity index (χ4v) is 4.64. The molecule has 0 aliphatic heterocycles. The van der Waals surface area contributed by atoms with Crippen molar-refractivity contribution in [3.8, 4) is 11.5 Å². The SMILES string of the molecule is Cn1ccnc1Sc1cc(Oc2ccc([P+](=O)[O-])cc2)cc(C([O-])=Nc2ncc(Cl)s2)c1.[Na+].[Na+]. The van der Waals surface area contributed by atoms with Gasteiger partial charge >= 0.3 is 67.1 Å². The first-order chi connectivity index (χ1) is 15.4. The van der Waals surface area contributed by atoms with Crippen molar-refractivity contribution in [2.75, 3.05) is 0 Å². The van der Waals surface area contributed by atoms with Crippen LogP contribution in [0.25, 0.3) is 0 Å². The molecule has 2 aromatic carbocycles. The molecule has 0 spiro atoms. The van der Waals surface area contributed by atoms with Crippen molar-refractivity contribution >= 4 is 59.1 Å². The minimum absolute atomic E-state index is 0. The van der Waals surface area contributed by atoms with Crippen LogP contribution in [0.2, 0.25) is 4.34 Å². The molecule has 4 rings (SSSR count). The molecule has 1 atom stereocenters. The third-order valence-corrected chi connectivity index (χ3v) is 6.83. The zero-order valence-electron chi connectivity index (χ0n) is 18.3. The number of thiazole rings is 1. The van der Waals surface area contributed by atoms with Crippen molar-refractivity contribution in [2.45, 2.75) is 10.1 Å². The summed E-state index contributed by atoms with van der Waals surface area (Å²) in [6.07, 6.45) is 4.93. The molecule has 2 aromatic heterocycles. The number of aliphatic imine (C=N–C) groups is 1. The van der Waals surface area contributed by atoms with Gasteiger partial charge in [-0.05, 0) is 53.9 Å². The summed E-state index contributed by atoms with van der Waals surface area (Å²) in [6, 6.07) is 11.0. The van der Waals surface area contributed by atoms with Crippen molar-refractivity contribution in [1.29, 1.82) is 0 Å². The van der Waals surface area contributed by atoms with Gasteiger partial charge in [-0.3, -0.25) is 0 Å². The summed E-state index contributed by atoms with van der Waals surface area (Å²) in [4.78, 5) is 24.1. The molecule has 4 aromatic rings. The zero-order valence-corrected chi connectivity index (χ0v) is 25.6. The van der Waals surface area contributed by atoms with E-state index in [9.17, 15) is 14.6 Å². The molecule has 0 saturated heterocycles. The molecule has 14 heteroatoms.